The molecule has 0 radical (unpaired) electrons. The van der Waals surface area contributed by atoms with E-state index in [9.17, 15) is 30.5 Å². The molecule has 0 fully saturated rings. The van der Waals surface area contributed by atoms with Crippen LogP contribution in [0.4, 0.5) is 20.9 Å². The van der Waals surface area contributed by atoms with Gasteiger partial charge in [0, 0.05) is 5.88 Å². The van der Waals surface area contributed by atoms with Crippen molar-refractivity contribution in [2.45, 2.75) is 6.42 Å². The molecule has 0 spiro atoms. The van der Waals surface area contributed by atoms with E-state index in [1.165, 1.54) is 0 Å². The van der Waals surface area contributed by atoms with Crippen LogP contribution in [0.3, 0.4) is 0 Å². The van der Waals surface area contributed by atoms with Gasteiger partial charge in [-0.25, -0.2) is 4.39 Å². The second-order valence-corrected chi connectivity index (χ2v) is 5.86. The van der Waals surface area contributed by atoms with E-state index in [0.29, 0.717) is 0 Å². The molecule has 0 saturated heterocycles. The van der Waals surface area contributed by atoms with Gasteiger partial charge < -0.3 is 11.5 Å². The van der Waals surface area contributed by atoms with Crippen molar-refractivity contribution in [3.8, 4) is 0 Å². The Morgan fingerprint density at radius 1 is 1.10 bits per heavy atom. The number of nitrogens with two attached hydrogens (primary N) is 2. The van der Waals surface area contributed by atoms with Gasteiger partial charge in [0.1, 0.15) is 10.8 Å². The Kier molecular flexibility index (Phi) is 4.39. The lowest BCUT2D eigenvalue weighted by molar-refractivity contribution is -0.137. The Labute approximate surface area is 116 Å². The van der Waals surface area contributed by atoms with E-state index in [-0.39, 0.29) is 0 Å². The molecule has 20 heavy (non-hydrogen) atoms. The Balaban J connectivity index is 3.68. The van der Waals surface area contributed by atoms with Crippen LogP contribution in [-0.4, -0.2) is 17.7 Å². The zero-order chi connectivity index (χ0) is 15.9. The van der Waals surface area contributed by atoms with Crippen molar-refractivity contribution in [1.29, 1.82) is 0 Å². The third-order valence-electron chi connectivity index (χ3n) is 2.74. The van der Waals surface area contributed by atoms with E-state index >= 15 is 0 Å². The molecule has 114 valence electrons. The normalized spacial score (nSPS) is 20.3. The fourth-order valence-electron chi connectivity index (χ4n) is 1.75. The third-order valence-corrected chi connectivity index (χ3v) is 4.60. The Morgan fingerprint density at radius 3 is 1.80 bits per heavy atom. The number of halogens is 6. The van der Waals surface area contributed by atoms with Crippen molar-refractivity contribution in [1.82, 2.24) is 0 Å². The van der Waals surface area contributed by atoms with Gasteiger partial charge in [-0.3, -0.25) is 9.59 Å². The number of amides is 2. The first-order valence-electron chi connectivity index (χ1n) is 4.89. The molecule has 4 nitrogen and oxygen atoms in total. The Morgan fingerprint density at radius 2 is 1.55 bits per heavy atom. The molecule has 0 saturated carbocycles. The monoisotopic (exact) mass is 338 g/mol. The minimum Gasteiger partial charge on any atom is -0.368 e. The fourth-order valence-corrected chi connectivity index (χ4v) is 3.59. The molecule has 1 rings (SSSR count). The molecular formula is C9H8ClF5N2O2S. The summed E-state index contributed by atoms with van der Waals surface area (Å²) in [5.41, 5.74) is 6.57. The zero-order valence-electron chi connectivity index (χ0n) is 9.56. The first kappa shape index (κ1) is 16.8. The SMILES string of the molecule is NC(=O)C(CCCl)(C(N)=O)C1=C(F)C(F)=C(F)S1(F)F. The van der Waals surface area contributed by atoms with E-state index < -0.39 is 62.0 Å². The van der Waals surface area contributed by atoms with Crippen LogP contribution in [0, 0.1) is 5.41 Å². The third kappa shape index (κ3) is 2.06. The second kappa shape index (κ2) is 5.24. The summed E-state index contributed by atoms with van der Waals surface area (Å²) in [7, 11) is -5.85. The fraction of sp³-hybridized carbons (Fsp3) is 0.333. The number of alkyl halides is 1. The number of allylic oxidation sites excluding steroid dienone is 2. The van der Waals surface area contributed by atoms with Crippen LogP contribution in [0.2, 0.25) is 0 Å². The molecule has 1 aliphatic heterocycles. The van der Waals surface area contributed by atoms with Gasteiger partial charge in [-0.1, -0.05) is 0 Å². The van der Waals surface area contributed by atoms with Gasteiger partial charge in [0.05, 0.1) is 4.91 Å². The van der Waals surface area contributed by atoms with Crippen molar-refractivity contribution >= 4 is 34.2 Å². The molecule has 4 N–H and O–H groups in total. The second-order valence-electron chi connectivity index (χ2n) is 3.77. The maximum absolute atomic E-state index is 13.7. The highest BCUT2D eigenvalue weighted by Crippen LogP contribution is 2.76. The molecule has 0 aromatic rings. The minimum absolute atomic E-state index is 0.596. The van der Waals surface area contributed by atoms with Crippen molar-refractivity contribution in [2.75, 3.05) is 5.88 Å². The van der Waals surface area contributed by atoms with E-state index in [2.05, 4.69) is 0 Å². The number of hydrogen-bond donors (Lipinski definition) is 2. The predicted octanol–water partition coefficient (Wildman–Crippen LogP) is 2.45. The summed E-state index contributed by atoms with van der Waals surface area (Å²) in [6.07, 6.45) is -0.912. The standard InChI is InChI=1S/C9H8ClF5N2O2S/c10-2-1-9(7(16)18,8(17)19)5-3(11)4(12)6(13)20(5,14)15/h1-2H2,(H2,16,18)(H2,17,19). The Hall–Kier alpha value is -1.29. The number of carbonyl (C=O) groups is 2. The van der Waals surface area contributed by atoms with Crippen LogP contribution in [0.5, 0.6) is 0 Å². The average molecular weight is 339 g/mol. The lowest BCUT2D eigenvalue weighted by Crippen LogP contribution is -2.49. The topological polar surface area (TPSA) is 86.2 Å². The first-order valence-corrected chi connectivity index (χ1v) is 6.86. The molecule has 0 unspecified atom stereocenters. The number of hydrogen-bond acceptors (Lipinski definition) is 2. The van der Waals surface area contributed by atoms with Crippen LogP contribution in [-0.2, 0) is 9.59 Å². The van der Waals surface area contributed by atoms with Gasteiger partial charge in [0.15, 0.2) is 11.2 Å². The summed E-state index contributed by atoms with van der Waals surface area (Å²) in [4.78, 5) is 20.8. The maximum atomic E-state index is 13.7. The van der Waals surface area contributed by atoms with E-state index in [1.54, 1.807) is 0 Å². The van der Waals surface area contributed by atoms with Crippen molar-refractivity contribution < 1.29 is 30.5 Å². The lowest BCUT2D eigenvalue weighted by Gasteiger charge is -2.32. The molecule has 1 heterocycles. The van der Waals surface area contributed by atoms with Gasteiger partial charge in [0.25, 0.3) is 0 Å². The number of rotatable bonds is 5. The Bertz CT molecular complexity index is 534. The minimum atomic E-state index is -5.85. The highest BCUT2D eigenvalue weighted by Gasteiger charge is 2.61. The van der Waals surface area contributed by atoms with Crippen LogP contribution in [0.25, 0.3) is 0 Å². The summed E-state index contributed by atoms with van der Waals surface area (Å²) >= 11 is 5.27. The van der Waals surface area contributed by atoms with Crippen molar-refractivity contribution in [3.63, 3.8) is 0 Å². The largest absolute Gasteiger partial charge is 0.368 e. The van der Waals surface area contributed by atoms with Crippen LogP contribution < -0.4 is 11.5 Å². The quantitative estimate of drug-likeness (QED) is 0.458. The number of carbonyl (C=O) groups excluding carboxylic acids is 2. The molecule has 0 atom stereocenters. The van der Waals surface area contributed by atoms with Gasteiger partial charge in [-0.05, 0) is 6.42 Å². The molecule has 2 amide bonds. The van der Waals surface area contributed by atoms with E-state index in [0.717, 1.165) is 0 Å². The lowest BCUT2D eigenvalue weighted by atomic mass is 9.82. The van der Waals surface area contributed by atoms with E-state index in [1.807, 2.05) is 0 Å². The summed E-state index contributed by atoms with van der Waals surface area (Å²) in [5, 5.41) is -2.67. The molecule has 0 bridgehead atoms. The van der Waals surface area contributed by atoms with Crippen molar-refractivity contribution in [3.05, 3.63) is 21.7 Å². The van der Waals surface area contributed by atoms with Gasteiger partial charge >= 0.3 is 0 Å². The highest BCUT2D eigenvalue weighted by molar-refractivity contribution is 8.31. The molecule has 0 aliphatic carbocycles. The molecule has 0 aromatic carbocycles. The van der Waals surface area contributed by atoms with Crippen LogP contribution in [0.1, 0.15) is 6.42 Å². The summed E-state index contributed by atoms with van der Waals surface area (Å²) in [5.74, 6) is -8.93. The number of primary amides is 2. The smallest absolute Gasteiger partial charge is 0.238 e. The van der Waals surface area contributed by atoms with Gasteiger partial charge in [0.2, 0.25) is 22.8 Å². The molecule has 1 aliphatic rings. The highest BCUT2D eigenvalue weighted by atomic mass is 35.5. The van der Waals surface area contributed by atoms with E-state index in [4.69, 9.17) is 23.1 Å². The molecule has 0 aromatic heterocycles. The summed E-state index contributed by atoms with van der Waals surface area (Å²) < 4.78 is 67.0. The van der Waals surface area contributed by atoms with Gasteiger partial charge in [-0.15, -0.1) is 19.4 Å². The summed E-state index contributed by atoms with van der Waals surface area (Å²) in [6, 6.07) is 0. The molecule has 11 heteroatoms. The zero-order valence-corrected chi connectivity index (χ0v) is 11.1. The van der Waals surface area contributed by atoms with Crippen LogP contribution >= 0.6 is 22.4 Å². The maximum Gasteiger partial charge on any atom is 0.238 e. The van der Waals surface area contributed by atoms with Crippen LogP contribution in [0.15, 0.2) is 21.7 Å². The predicted molar refractivity (Wildman–Crippen MR) is 63.3 cm³/mol. The first-order chi connectivity index (χ1) is 9.05. The average Bonchev–Trinajstić information content (AvgIpc) is 2.48. The molecular weight excluding hydrogens is 331 g/mol. The van der Waals surface area contributed by atoms with Gasteiger partial charge in [-0.2, -0.15) is 8.78 Å². The summed E-state index contributed by atoms with van der Waals surface area (Å²) in [6.45, 7) is 0. The van der Waals surface area contributed by atoms with Crippen molar-refractivity contribution in [2.24, 2.45) is 16.9 Å².